The summed E-state index contributed by atoms with van der Waals surface area (Å²) < 4.78 is 33.1. The molecule has 0 aliphatic rings. The second kappa shape index (κ2) is 36.3. The molecule has 2 atom stereocenters. The Morgan fingerprint density at radius 3 is 1.66 bits per heavy atom. The van der Waals surface area contributed by atoms with Crippen LogP contribution in [-0.2, 0) is 27.9 Å². The summed E-state index contributed by atoms with van der Waals surface area (Å²) in [5.41, 5.74) is 5.34. The van der Waals surface area contributed by atoms with Gasteiger partial charge < -0.3 is 20.1 Å². The summed E-state index contributed by atoms with van der Waals surface area (Å²) in [7, 11) is -4.26. The molecule has 0 bridgehead atoms. The summed E-state index contributed by atoms with van der Waals surface area (Å²) in [6.45, 7) is 4.88. The number of hydrogen-bond acceptors (Lipinski definition) is 7. The molecule has 2 unspecified atom stereocenters. The van der Waals surface area contributed by atoms with E-state index in [0.717, 1.165) is 38.5 Å². The lowest BCUT2D eigenvalue weighted by atomic mass is 10.1. The van der Waals surface area contributed by atoms with Gasteiger partial charge in [0.05, 0.1) is 19.8 Å². The lowest BCUT2D eigenvalue weighted by Crippen LogP contribution is -2.28. The SMILES string of the molecule is CCCCCCC/C=C\C/C=C\CCCCCCCCCCCC(=O)OC(COCCCCCCCCC)COP(=O)(O)OCCN. The van der Waals surface area contributed by atoms with Crippen LogP contribution in [0.3, 0.4) is 0 Å². The molecule has 0 saturated heterocycles. The van der Waals surface area contributed by atoms with E-state index in [4.69, 9.17) is 24.3 Å². The molecular formula is C38H74NO7P. The molecule has 0 radical (unpaired) electrons. The van der Waals surface area contributed by atoms with Gasteiger partial charge in [-0.25, -0.2) is 4.57 Å². The van der Waals surface area contributed by atoms with E-state index in [2.05, 4.69) is 38.2 Å². The van der Waals surface area contributed by atoms with E-state index in [9.17, 15) is 14.3 Å². The highest BCUT2D eigenvalue weighted by Crippen LogP contribution is 2.43. The van der Waals surface area contributed by atoms with Gasteiger partial charge in [-0.1, -0.05) is 147 Å². The van der Waals surface area contributed by atoms with Crippen molar-refractivity contribution in [3.63, 3.8) is 0 Å². The van der Waals surface area contributed by atoms with Crippen molar-refractivity contribution >= 4 is 13.8 Å². The first-order chi connectivity index (χ1) is 22.9. The minimum Gasteiger partial charge on any atom is -0.457 e. The van der Waals surface area contributed by atoms with Gasteiger partial charge >= 0.3 is 13.8 Å². The number of carbonyl (C=O) groups is 1. The summed E-state index contributed by atoms with van der Waals surface area (Å²) in [6, 6.07) is 0. The van der Waals surface area contributed by atoms with Crippen molar-refractivity contribution in [1.82, 2.24) is 0 Å². The molecule has 0 aliphatic carbocycles. The van der Waals surface area contributed by atoms with E-state index in [1.54, 1.807) is 0 Å². The number of hydrogen-bond donors (Lipinski definition) is 2. The Labute approximate surface area is 289 Å². The highest BCUT2D eigenvalue weighted by molar-refractivity contribution is 7.47. The van der Waals surface area contributed by atoms with Crippen molar-refractivity contribution in [1.29, 1.82) is 0 Å². The van der Waals surface area contributed by atoms with Crippen LogP contribution < -0.4 is 5.73 Å². The van der Waals surface area contributed by atoms with Gasteiger partial charge in [0, 0.05) is 19.6 Å². The van der Waals surface area contributed by atoms with E-state index in [0.29, 0.717) is 13.0 Å². The quantitative estimate of drug-likeness (QED) is 0.0287. The van der Waals surface area contributed by atoms with Crippen molar-refractivity contribution in [2.45, 2.75) is 180 Å². The van der Waals surface area contributed by atoms with Crippen LogP contribution in [0.2, 0.25) is 0 Å². The van der Waals surface area contributed by atoms with E-state index in [1.165, 1.54) is 116 Å². The summed E-state index contributed by atoms with van der Waals surface area (Å²) in [5.74, 6) is -0.336. The highest BCUT2D eigenvalue weighted by atomic mass is 31.2. The van der Waals surface area contributed by atoms with Gasteiger partial charge in [-0.2, -0.15) is 0 Å². The Balaban J connectivity index is 3.94. The summed E-state index contributed by atoms with van der Waals surface area (Å²) in [5, 5.41) is 0. The molecule has 278 valence electrons. The van der Waals surface area contributed by atoms with Gasteiger partial charge in [-0.3, -0.25) is 13.8 Å². The third kappa shape index (κ3) is 36.1. The van der Waals surface area contributed by atoms with Gasteiger partial charge in [0.25, 0.3) is 0 Å². The third-order valence-corrected chi connectivity index (χ3v) is 9.11. The molecule has 3 N–H and O–H groups in total. The first-order valence-corrected chi connectivity index (χ1v) is 20.8. The number of ether oxygens (including phenoxy) is 2. The second-order valence-corrected chi connectivity index (χ2v) is 14.2. The molecule has 0 aliphatic heterocycles. The van der Waals surface area contributed by atoms with Crippen LogP contribution in [0.1, 0.15) is 174 Å². The van der Waals surface area contributed by atoms with Crippen LogP contribution in [0.25, 0.3) is 0 Å². The molecular weight excluding hydrogens is 613 g/mol. The third-order valence-electron chi connectivity index (χ3n) is 8.12. The van der Waals surface area contributed by atoms with Crippen molar-refractivity contribution in [3.8, 4) is 0 Å². The molecule has 0 fully saturated rings. The van der Waals surface area contributed by atoms with Crippen LogP contribution in [-0.4, -0.2) is 49.9 Å². The Hall–Kier alpha value is -1.02. The minimum absolute atomic E-state index is 0.0950. The number of allylic oxidation sites excluding steroid dienone is 4. The molecule has 0 spiro atoms. The van der Waals surface area contributed by atoms with E-state index < -0.39 is 13.9 Å². The van der Waals surface area contributed by atoms with Crippen molar-refractivity contribution in [2.75, 3.05) is 33.0 Å². The van der Waals surface area contributed by atoms with Crippen LogP contribution in [0.15, 0.2) is 24.3 Å². The number of nitrogens with two attached hydrogens (primary N) is 1. The monoisotopic (exact) mass is 688 g/mol. The van der Waals surface area contributed by atoms with Crippen molar-refractivity contribution in [2.24, 2.45) is 5.73 Å². The van der Waals surface area contributed by atoms with Crippen LogP contribution in [0, 0.1) is 0 Å². The maximum Gasteiger partial charge on any atom is 0.472 e. The number of rotatable bonds is 37. The molecule has 47 heavy (non-hydrogen) atoms. The topological polar surface area (TPSA) is 117 Å². The zero-order valence-corrected chi connectivity index (χ0v) is 31.4. The standard InChI is InChI=1S/C38H74NO7P/c1-3-5-7-9-11-12-13-14-15-16-17-18-19-20-21-22-23-24-25-27-29-31-38(40)46-37(36-45-47(41,42)44-34-32-39)35-43-33-30-28-26-10-8-6-4-2/h13-14,16-17,37H,3-12,15,18-36,39H2,1-2H3,(H,41,42)/b14-13-,17-16-. The normalized spacial score (nSPS) is 13.9. The Kier molecular flexibility index (Phi) is 35.5. The minimum atomic E-state index is -4.26. The van der Waals surface area contributed by atoms with Gasteiger partial charge in [0.2, 0.25) is 0 Å². The molecule has 0 aromatic rings. The summed E-state index contributed by atoms with van der Waals surface area (Å²) >= 11 is 0. The van der Waals surface area contributed by atoms with Crippen molar-refractivity contribution in [3.05, 3.63) is 24.3 Å². The second-order valence-electron chi connectivity index (χ2n) is 12.8. The fourth-order valence-corrected chi connectivity index (χ4v) is 6.03. The molecule has 0 heterocycles. The van der Waals surface area contributed by atoms with E-state index >= 15 is 0 Å². The fourth-order valence-electron chi connectivity index (χ4n) is 5.26. The Morgan fingerprint density at radius 2 is 1.13 bits per heavy atom. The molecule has 9 heteroatoms. The molecule has 0 amide bonds. The fraction of sp³-hybridized carbons (Fsp3) is 0.868. The highest BCUT2D eigenvalue weighted by Gasteiger charge is 2.25. The lowest BCUT2D eigenvalue weighted by Gasteiger charge is -2.20. The van der Waals surface area contributed by atoms with Gasteiger partial charge in [-0.05, 0) is 44.9 Å². The Morgan fingerprint density at radius 1 is 0.638 bits per heavy atom. The maximum absolute atomic E-state index is 12.5. The Bertz CT molecular complexity index is 777. The molecule has 0 aromatic heterocycles. The first kappa shape index (κ1) is 46.0. The van der Waals surface area contributed by atoms with Crippen LogP contribution in [0.5, 0.6) is 0 Å². The molecule has 0 aromatic carbocycles. The smallest absolute Gasteiger partial charge is 0.457 e. The molecule has 0 saturated carbocycles. The molecule has 8 nitrogen and oxygen atoms in total. The van der Waals surface area contributed by atoms with E-state index in [-0.39, 0.29) is 32.3 Å². The predicted molar refractivity (Wildman–Crippen MR) is 197 cm³/mol. The van der Waals surface area contributed by atoms with E-state index in [1.807, 2.05) is 0 Å². The largest absolute Gasteiger partial charge is 0.472 e. The first-order valence-electron chi connectivity index (χ1n) is 19.3. The number of carbonyl (C=O) groups excluding carboxylic acids is 1. The van der Waals surface area contributed by atoms with Crippen LogP contribution in [0.4, 0.5) is 0 Å². The van der Waals surface area contributed by atoms with Crippen LogP contribution >= 0.6 is 7.82 Å². The maximum atomic E-state index is 12.5. The number of esters is 1. The number of unbranched alkanes of at least 4 members (excludes halogenated alkanes) is 20. The van der Waals surface area contributed by atoms with Gasteiger partial charge in [0.15, 0.2) is 0 Å². The van der Waals surface area contributed by atoms with Gasteiger partial charge in [-0.15, -0.1) is 0 Å². The summed E-state index contributed by atoms with van der Waals surface area (Å²) in [6.07, 6.45) is 37.7. The molecule has 0 rings (SSSR count). The predicted octanol–water partition coefficient (Wildman–Crippen LogP) is 10.9. The zero-order chi connectivity index (χ0) is 34.5. The lowest BCUT2D eigenvalue weighted by molar-refractivity contribution is -0.154. The number of phosphoric acid groups is 1. The summed E-state index contributed by atoms with van der Waals surface area (Å²) in [4.78, 5) is 22.3. The van der Waals surface area contributed by atoms with Crippen molar-refractivity contribution < 1.29 is 32.8 Å². The number of phosphoric ester groups is 1. The zero-order valence-electron chi connectivity index (χ0n) is 30.5. The average molecular weight is 688 g/mol. The average Bonchev–Trinajstić information content (AvgIpc) is 3.06. The van der Waals surface area contributed by atoms with Gasteiger partial charge in [0.1, 0.15) is 6.10 Å².